The maximum Gasteiger partial charge on any atom is 0.302 e. The first-order valence-electron chi connectivity index (χ1n) is 9.86. The molecule has 6 atom stereocenters. The number of methoxy groups -OCH3 is 1. The van der Waals surface area contributed by atoms with Crippen molar-refractivity contribution in [3.63, 3.8) is 0 Å². The van der Waals surface area contributed by atoms with Crippen LogP contribution < -0.4 is 0 Å². The zero-order valence-electron chi connectivity index (χ0n) is 17.0. The third-order valence-electron chi connectivity index (χ3n) is 6.13. The van der Waals surface area contributed by atoms with Gasteiger partial charge in [-0.25, -0.2) is 0 Å². The van der Waals surface area contributed by atoms with Gasteiger partial charge in [-0.3, -0.25) is 4.79 Å². The topological polar surface area (TPSA) is 65.0 Å². The van der Waals surface area contributed by atoms with E-state index in [4.69, 9.17) is 14.2 Å². The van der Waals surface area contributed by atoms with Crippen LogP contribution in [0.25, 0.3) is 0 Å². The smallest absolute Gasteiger partial charge is 0.302 e. The minimum Gasteiger partial charge on any atom is -0.462 e. The van der Waals surface area contributed by atoms with Gasteiger partial charge in [0.15, 0.2) is 0 Å². The molecule has 0 aromatic carbocycles. The van der Waals surface area contributed by atoms with Gasteiger partial charge in [0.05, 0.1) is 12.2 Å². The van der Waals surface area contributed by atoms with Crippen LogP contribution in [-0.2, 0) is 19.0 Å². The van der Waals surface area contributed by atoms with Crippen molar-refractivity contribution in [3.8, 4) is 0 Å². The Labute approximate surface area is 158 Å². The van der Waals surface area contributed by atoms with Crippen LogP contribution in [0.2, 0.25) is 0 Å². The van der Waals surface area contributed by atoms with Crippen molar-refractivity contribution in [2.45, 2.75) is 84.5 Å². The molecule has 1 N–H and O–H groups in total. The van der Waals surface area contributed by atoms with Crippen LogP contribution in [0.3, 0.4) is 0 Å². The van der Waals surface area contributed by atoms with E-state index in [0.717, 1.165) is 32.1 Å². The van der Waals surface area contributed by atoms with E-state index in [-0.39, 0.29) is 29.5 Å². The average molecular weight is 369 g/mol. The number of rotatable bonds is 4. The van der Waals surface area contributed by atoms with Crippen LogP contribution in [-0.4, -0.2) is 43.3 Å². The van der Waals surface area contributed by atoms with Crippen LogP contribution in [0.5, 0.6) is 0 Å². The number of aliphatic hydroxyl groups is 1. The van der Waals surface area contributed by atoms with Crippen molar-refractivity contribution in [1.82, 2.24) is 0 Å². The molecule has 0 radical (unpaired) electrons. The van der Waals surface area contributed by atoms with Gasteiger partial charge < -0.3 is 19.3 Å². The SMILES string of the molecule is COCOC1C/C(C)=C\C[C@]2(C)CC[C@@H](OC(C)=O)[C@H]2[C@@H](O)C[C@H](C)C1. The normalized spacial score (nSPS) is 40.8. The molecular formula is C21H36O5. The van der Waals surface area contributed by atoms with Gasteiger partial charge in [-0.15, -0.1) is 0 Å². The van der Waals surface area contributed by atoms with Crippen molar-refractivity contribution in [1.29, 1.82) is 0 Å². The maximum atomic E-state index is 11.5. The second-order valence-electron chi connectivity index (χ2n) is 8.66. The molecule has 1 unspecified atom stereocenters. The van der Waals surface area contributed by atoms with Gasteiger partial charge in [0.25, 0.3) is 0 Å². The van der Waals surface area contributed by atoms with Crippen LogP contribution in [0.1, 0.15) is 66.2 Å². The molecule has 1 saturated carbocycles. The lowest BCUT2D eigenvalue weighted by Crippen LogP contribution is -2.40. The first-order valence-corrected chi connectivity index (χ1v) is 9.86. The summed E-state index contributed by atoms with van der Waals surface area (Å²) in [5, 5.41) is 11.1. The molecule has 0 bridgehead atoms. The van der Waals surface area contributed by atoms with E-state index in [1.807, 2.05) is 0 Å². The molecule has 5 heteroatoms. The van der Waals surface area contributed by atoms with Gasteiger partial charge >= 0.3 is 5.97 Å². The first kappa shape index (κ1) is 21.4. The summed E-state index contributed by atoms with van der Waals surface area (Å²) in [6.45, 7) is 8.30. The fraction of sp³-hybridized carbons (Fsp3) is 0.857. The Morgan fingerprint density at radius 1 is 1.38 bits per heavy atom. The van der Waals surface area contributed by atoms with E-state index in [2.05, 4.69) is 26.8 Å². The molecule has 0 saturated heterocycles. The van der Waals surface area contributed by atoms with Gasteiger partial charge in [-0.1, -0.05) is 25.5 Å². The third-order valence-corrected chi connectivity index (χ3v) is 6.13. The van der Waals surface area contributed by atoms with E-state index in [9.17, 15) is 9.90 Å². The summed E-state index contributed by atoms with van der Waals surface area (Å²) < 4.78 is 16.5. The lowest BCUT2D eigenvalue weighted by molar-refractivity contribution is -0.152. The highest BCUT2D eigenvalue weighted by molar-refractivity contribution is 5.66. The van der Waals surface area contributed by atoms with Gasteiger partial charge in [0, 0.05) is 20.0 Å². The van der Waals surface area contributed by atoms with Crippen LogP contribution in [0.15, 0.2) is 11.6 Å². The fourth-order valence-electron chi connectivity index (χ4n) is 4.89. The Bertz CT molecular complexity index is 503. The molecule has 0 aromatic rings. The highest BCUT2D eigenvalue weighted by Crippen LogP contribution is 2.50. The Balaban J connectivity index is 2.23. The van der Waals surface area contributed by atoms with Crippen LogP contribution in [0, 0.1) is 17.3 Å². The average Bonchev–Trinajstić information content (AvgIpc) is 2.85. The zero-order chi connectivity index (χ0) is 19.3. The molecule has 0 aliphatic heterocycles. The number of hydrogen-bond donors (Lipinski definition) is 1. The Morgan fingerprint density at radius 3 is 2.77 bits per heavy atom. The highest BCUT2D eigenvalue weighted by Gasteiger charge is 2.49. The fourth-order valence-corrected chi connectivity index (χ4v) is 4.89. The number of carbonyl (C=O) groups is 1. The number of aliphatic hydroxyl groups excluding tert-OH is 1. The molecule has 0 aromatic heterocycles. The quantitative estimate of drug-likeness (QED) is 0.464. The molecule has 1 fully saturated rings. The molecule has 2 aliphatic rings. The molecular weight excluding hydrogens is 332 g/mol. The number of fused-ring (bicyclic) bond motifs is 1. The molecule has 2 rings (SSSR count). The summed E-state index contributed by atoms with van der Waals surface area (Å²) in [5.41, 5.74) is 1.26. The van der Waals surface area contributed by atoms with Gasteiger partial charge in [-0.05, 0) is 56.8 Å². The molecule has 150 valence electrons. The number of allylic oxidation sites excluding steroid dienone is 1. The van der Waals surface area contributed by atoms with E-state index >= 15 is 0 Å². The second kappa shape index (κ2) is 9.34. The van der Waals surface area contributed by atoms with E-state index in [0.29, 0.717) is 19.1 Å². The molecule has 0 spiro atoms. The van der Waals surface area contributed by atoms with Gasteiger partial charge in [0.2, 0.25) is 0 Å². The predicted octanol–water partition coefficient (Wildman–Crippen LogP) is 3.84. The van der Waals surface area contributed by atoms with Gasteiger partial charge in [-0.2, -0.15) is 0 Å². The van der Waals surface area contributed by atoms with Crippen molar-refractivity contribution in [2.24, 2.45) is 17.3 Å². The predicted molar refractivity (Wildman–Crippen MR) is 101 cm³/mol. The van der Waals surface area contributed by atoms with Crippen LogP contribution in [0.4, 0.5) is 0 Å². The molecule has 0 amide bonds. The lowest BCUT2D eigenvalue weighted by atomic mass is 9.72. The summed E-state index contributed by atoms with van der Waals surface area (Å²) in [5.74, 6) is 0.0449. The summed E-state index contributed by atoms with van der Waals surface area (Å²) in [7, 11) is 1.64. The maximum absolute atomic E-state index is 11.5. The molecule has 26 heavy (non-hydrogen) atoms. The Hall–Kier alpha value is -0.910. The minimum atomic E-state index is -0.475. The zero-order valence-corrected chi connectivity index (χ0v) is 17.0. The van der Waals surface area contributed by atoms with Crippen molar-refractivity contribution < 1.29 is 24.1 Å². The first-order chi connectivity index (χ1) is 12.2. The van der Waals surface area contributed by atoms with Crippen molar-refractivity contribution in [2.75, 3.05) is 13.9 Å². The standard InChI is InChI=1S/C21H36O5/c1-14-6-8-21(4)9-7-19(26-16(3)22)20(21)18(23)12-15(2)11-17(10-14)25-13-24-5/h6,15,17-20,23H,7-13H2,1-5H3/b14-6-/t15-,17?,18+,19-,20-,21-/m1/s1. The number of carbonyl (C=O) groups excluding carboxylic acids is 1. The largest absolute Gasteiger partial charge is 0.462 e. The summed E-state index contributed by atoms with van der Waals surface area (Å²) in [4.78, 5) is 11.5. The monoisotopic (exact) mass is 368 g/mol. The van der Waals surface area contributed by atoms with E-state index < -0.39 is 6.10 Å². The van der Waals surface area contributed by atoms with Crippen molar-refractivity contribution in [3.05, 3.63) is 11.6 Å². The second-order valence-corrected chi connectivity index (χ2v) is 8.66. The van der Waals surface area contributed by atoms with E-state index in [1.54, 1.807) is 7.11 Å². The number of hydrogen-bond acceptors (Lipinski definition) is 5. The minimum absolute atomic E-state index is 0.0191. The molecule has 5 nitrogen and oxygen atoms in total. The number of ether oxygens (including phenoxy) is 3. The van der Waals surface area contributed by atoms with Gasteiger partial charge in [0.1, 0.15) is 12.9 Å². The summed E-state index contributed by atoms with van der Waals surface area (Å²) in [6.07, 6.45) is 6.89. The summed E-state index contributed by atoms with van der Waals surface area (Å²) in [6, 6.07) is 0. The van der Waals surface area contributed by atoms with E-state index in [1.165, 1.54) is 12.5 Å². The lowest BCUT2D eigenvalue weighted by Gasteiger charge is -2.37. The molecule has 0 heterocycles. The summed E-state index contributed by atoms with van der Waals surface area (Å²) >= 11 is 0. The molecule has 2 aliphatic carbocycles. The highest BCUT2D eigenvalue weighted by atomic mass is 16.7. The van der Waals surface area contributed by atoms with Crippen LogP contribution >= 0.6 is 0 Å². The Morgan fingerprint density at radius 2 is 2.12 bits per heavy atom. The third kappa shape index (κ3) is 5.54. The Kier molecular flexibility index (Phi) is 7.68. The van der Waals surface area contributed by atoms with Crippen molar-refractivity contribution >= 4 is 5.97 Å². The number of esters is 1.